The lowest BCUT2D eigenvalue weighted by molar-refractivity contribution is -0.126. The predicted octanol–water partition coefficient (Wildman–Crippen LogP) is 3.19. The third-order valence-corrected chi connectivity index (χ3v) is 6.79. The molecule has 1 amide bonds. The Morgan fingerprint density at radius 2 is 1.68 bits per heavy atom. The number of esters is 1. The number of methoxy groups -OCH3 is 2. The van der Waals surface area contributed by atoms with Crippen LogP contribution in [-0.2, 0) is 9.53 Å². The molecule has 1 aromatic rings. The summed E-state index contributed by atoms with van der Waals surface area (Å²) in [6, 6.07) is 4.85. The number of nitrogens with one attached hydrogen (secondary N) is 1. The van der Waals surface area contributed by atoms with E-state index < -0.39 is 5.97 Å². The smallest absolute Gasteiger partial charge is 0.342 e. The molecule has 0 heterocycles. The van der Waals surface area contributed by atoms with E-state index in [2.05, 4.69) is 5.32 Å². The number of carbonyl (C=O) groups excluding carboxylic acids is 2. The molecule has 6 heteroatoms. The third kappa shape index (κ3) is 3.82. The van der Waals surface area contributed by atoms with E-state index in [4.69, 9.17) is 14.2 Å². The highest BCUT2D eigenvalue weighted by atomic mass is 16.5. The van der Waals surface area contributed by atoms with Gasteiger partial charge in [-0.2, -0.15) is 0 Å². The number of hydrogen-bond acceptors (Lipinski definition) is 5. The highest BCUT2D eigenvalue weighted by molar-refractivity contribution is 5.94. The number of ether oxygens (including phenoxy) is 3. The normalized spacial score (nSPS) is 30.0. The van der Waals surface area contributed by atoms with Crippen molar-refractivity contribution in [1.82, 2.24) is 5.32 Å². The van der Waals surface area contributed by atoms with Crippen molar-refractivity contribution >= 4 is 11.9 Å². The number of carbonyl (C=O) groups is 2. The lowest BCUT2D eigenvalue weighted by atomic mass is 9.49. The van der Waals surface area contributed by atoms with E-state index in [-0.39, 0.29) is 23.5 Å². The fourth-order valence-electron chi connectivity index (χ4n) is 6.02. The van der Waals surface area contributed by atoms with Gasteiger partial charge in [0.05, 0.1) is 14.2 Å². The van der Waals surface area contributed by atoms with Crippen LogP contribution < -0.4 is 14.8 Å². The van der Waals surface area contributed by atoms with E-state index in [1.165, 1.54) is 45.6 Å². The molecule has 6 nitrogen and oxygen atoms in total. The first-order valence-corrected chi connectivity index (χ1v) is 10.2. The van der Waals surface area contributed by atoms with Gasteiger partial charge < -0.3 is 19.5 Å². The average Bonchev–Trinajstić information content (AvgIpc) is 2.69. The molecule has 4 aliphatic carbocycles. The van der Waals surface area contributed by atoms with Gasteiger partial charge in [0.15, 0.2) is 6.61 Å². The minimum Gasteiger partial charge on any atom is -0.497 e. The molecule has 28 heavy (non-hydrogen) atoms. The van der Waals surface area contributed by atoms with Crippen molar-refractivity contribution < 1.29 is 23.8 Å². The first-order valence-electron chi connectivity index (χ1n) is 10.2. The zero-order valence-corrected chi connectivity index (χ0v) is 16.7. The zero-order chi connectivity index (χ0) is 19.7. The predicted molar refractivity (Wildman–Crippen MR) is 103 cm³/mol. The fourth-order valence-corrected chi connectivity index (χ4v) is 6.02. The molecule has 5 rings (SSSR count). The van der Waals surface area contributed by atoms with E-state index >= 15 is 0 Å². The van der Waals surface area contributed by atoms with Crippen molar-refractivity contribution in [3.05, 3.63) is 23.8 Å². The number of hydrogen-bond donors (Lipinski definition) is 1. The van der Waals surface area contributed by atoms with Gasteiger partial charge in [-0.05, 0) is 73.8 Å². The lowest BCUT2D eigenvalue weighted by Crippen LogP contribution is -2.51. The maximum absolute atomic E-state index is 12.3. The van der Waals surface area contributed by atoms with Gasteiger partial charge in [-0.25, -0.2) is 4.79 Å². The van der Waals surface area contributed by atoms with Gasteiger partial charge in [-0.3, -0.25) is 4.79 Å². The monoisotopic (exact) mass is 387 g/mol. The molecule has 1 aromatic carbocycles. The van der Waals surface area contributed by atoms with Crippen molar-refractivity contribution in [2.24, 2.45) is 23.2 Å². The SMILES string of the molecule is COc1ccc(C(=O)OCC(=O)NCC23CC4CC(CC(C4)C2)C3)c(OC)c1. The van der Waals surface area contributed by atoms with Crippen molar-refractivity contribution in [1.29, 1.82) is 0 Å². The highest BCUT2D eigenvalue weighted by Gasteiger charge is 2.50. The molecule has 0 unspecified atom stereocenters. The van der Waals surface area contributed by atoms with Crippen molar-refractivity contribution in [3.8, 4) is 11.5 Å². The van der Waals surface area contributed by atoms with Gasteiger partial charge in [0.25, 0.3) is 5.91 Å². The van der Waals surface area contributed by atoms with Crippen LogP contribution in [0.5, 0.6) is 11.5 Å². The molecule has 4 saturated carbocycles. The summed E-state index contributed by atoms with van der Waals surface area (Å²) in [5.41, 5.74) is 0.547. The van der Waals surface area contributed by atoms with Gasteiger partial charge in [0, 0.05) is 12.6 Å². The second-order valence-electron chi connectivity index (χ2n) is 8.84. The number of benzene rings is 1. The Bertz CT molecular complexity index is 724. The molecule has 0 aromatic heterocycles. The Hall–Kier alpha value is -2.24. The fraction of sp³-hybridized carbons (Fsp3) is 0.636. The largest absolute Gasteiger partial charge is 0.497 e. The van der Waals surface area contributed by atoms with Gasteiger partial charge in [-0.15, -0.1) is 0 Å². The Morgan fingerprint density at radius 1 is 1.04 bits per heavy atom. The Kier molecular flexibility index (Phi) is 5.21. The van der Waals surface area contributed by atoms with Crippen LogP contribution in [0.3, 0.4) is 0 Å². The van der Waals surface area contributed by atoms with Crippen LogP contribution >= 0.6 is 0 Å². The number of rotatable bonds is 7. The van der Waals surface area contributed by atoms with Gasteiger partial charge in [-0.1, -0.05) is 0 Å². The zero-order valence-electron chi connectivity index (χ0n) is 16.7. The maximum atomic E-state index is 12.3. The molecule has 4 aliphatic rings. The molecule has 0 atom stereocenters. The quantitative estimate of drug-likeness (QED) is 0.728. The molecule has 0 radical (unpaired) electrons. The van der Waals surface area contributed by atoms with Gasteiger partial charge >= 0.3 is 5.97 Å². The van der Waals surface area contributed by atoms with E-state index in [0.29, 0.717) is 18.0 Å². The molecule has 0 saturated heterocycles. The van der Waals surface area contributed by atoms with Crippen LogP contribution in [0, 0.1) is 23.2 Å². The van der Waals surface area contributed by atoms with Crippen molar-refractivity contribution in [2.75, 3.05) is 27.4 Å². The summed E-state index contributed by atoms with van der Waals surface area (Å²) in [4.78, 5) is 24.6. The van der Waals surface area contributed by atoms with Gasteiger partial charge in [0.1, 0.15) is 17.1 Å². The topological polar surface area (TPSA) is 73.9 Å². The van der Waals surface area contributed by atoms with E-state index in [9.17, 15) is 9.59 Å². The summed E-state index contributed by atoms with van der Waals surface area (Å²) in [6.07, 6.45) is 7.86. The summed E-state index contributed by atoms with van der Waals surface area (Å²) in [5, 5.41) is 3.03. The first kappa shape index (κ1) is 19.1. The van der Waals surface area contributed by atoms with E-state index in [1.807, 2.05) is 0 Å². The minimum absolute atomic E-state index is 0.239. The second-order valence-corrected chi connectivity index (χ2v) is 8.84. The average molecular weight is 387 g/mol. The van der Waals surface area contributed by atoms with E-state index in [0.717, 1.165) is 17.8 Å². The van der Waals surface area contributed by atoms with Crippen molar-refractivity contribution in [3.63, 3.8) is 0 Å². The van der Waals surface area contributed by atoms with Crippen LogP contribution in [0.1, 0.15) is 48.9 Å². The summed E-state index contributed by atoms with van der Waals surface area (Å²) in [7, 11) is 3.02. The van der Waals surface area contributed by atoms with E-state index in [1.54, 1.807) is 25.3 Å². The van der Waals surface area contributed by atoms with Crippen LogP contribution in [-0.4, -0.2) is 39.2 Å². The third-order valence-electron chi connectivity index (χ3n) is 6.79. The lowest BCUT2D eigenvalue weighted by Gasteiger charge is -2.56. The van der Waals surface area contributed by atoms with Crippen LogP contribution in [0.15, 0.2) is 18.2 Å². The molecule has 0 aliphatic heterocycles. The summed E-state index contributed by atoms with van der Waals surface area (Å²) in [6.45, 7) is 0.430. The summed E-state index contributed by atoms with van der Waals surface area (Å²) >= 11 is 0. The second kappa shape index (κ2) is 7.64. The molecule has 0 spiro atoms. The summed E-state index contributed by atoms with van der Waals surface area (Å²) in [5.74, 6) is 2.68. The Labute approximate surface area is 165 Å². The molecule has 4 fully saturated rings. The molecule has 1 N–H and O–H groups in total. The molecular weight excluding hydrogens is 358 g/mol. The van der Waals surface area contributed by atoms with Gasteiger partial charge in [0.2, 0.25) is 0 Å². The highest BCUT2D eigenvalue weighted by Crippen LogP contribution is 2.59. The molecular formula is C22H29NO5. The Balaban J connectivity index is 1.29. The Morgan fingerprint density at radius 3 is 2.25 bits per heavy atom. The first-order chi connectivity index (χ1) is 13.5. The van der Waals surface area contributed by atoms with Crippen LogP contribution in [0.2, 0.25) is 0 Å². The number of amides is 1. The van der Waals surface area contributed by atoms with Crippen LogP contribution in [0.25, 0.3) is 0 Å². The standard InChI is InChI=1S/C22H29NO5/c1-26-17-3-4-18(19(8-17)27-2)21(25)28-12-20(24)23-13-22-9-14-5-15(10-22)7-16(6-14)11-22/h3-4,8,14-16H,5-7,9-13H2,1-2H3,(H,23,24). The maximum Gasteiger partial charge on any atom is 0.342 e. The summed E-state index contributed by atoms with van der Waals surface area (Å²) < 4.78 is 15.6. The van der Waals surface area contributed by atoms with Crippen LogP contribution in [0.4, 0.5) is 0 Å². The molecule has 152 valence electrons. The van der Waals surface area contributed by atoms with Crippen molar-refractivity contribution in [2.45, 2.75) is 38.5 Å². The minimum atomic E-state index is -0.579. The molecule has 4 bridgehead atoms.